The maximum absolute atomic E-state index is 6.69. The van der Waals surface area contributed by atoms with Crippen molar-refractivity contribution in [2.45, 2.75) is 0 Å². The minimum Gasteiger partial charge on any atom is -0.455 e. The summed E-state index contributed by atoms with van der Waals surface area (Å²) in [7, 11) is 0. The Morgan fingerprint density at radius 3 is 2.04 bits per heavy atom. The van der Waals surface area contributed by atoms with Crippen LogP contribution in [0.25, 0.3) is 92.9 Å². The Hall–Kier alpha value is -7.56. The third-order valence-corrected chi connectivity index (χ3v) is 11.9. The van der Waals surface area contributed by atoms with Crippen LogP contribution in [0.15, 0.2) is 186 Å². The summed E-state index contributed by atoms with van der Waals surface area (Å²) in [5.74, 6) is 1.67. The molecule has 260 valence electrons. The number of ether oxygens (including phenoxy) is 1. The number of aromatic nitrogens is 1. The monoisotopic (exact) mass is 714 g/mol. The zero-order valence-corrected chi connectivity index (χ0v) is 30.0. The van der Waals surface area contributed by atoms with Crippen molar-refractivity contribution in [1.82, 2.24) is 4.57 Å². The van der Waals surface area contributed by atoms with Crippen LogP contribution in [0.1, 0.15) is 0 Å². The quantitative estimate of drug-likeness (QED) is 0.171. The molecule has 4 nitrogen and oxygen atoms in total. The Bertz CT molecular complexity index is 3580. The average molecular weight is 715 g/mol. The van der Waals surface area contributed by atoms with E-state index in [2.05, 4.69) is 173 Å². The number of anilines is 3. The normalized spacial score (nSPS) is 12.8. The molecule has 13 rings (SSSR count). The van der Waals surface area contributed by atoms with Crippen molar-refractivity contribution in [2.75, 3.05) is 4.90 Å². The molecule has 0 atom stereocenters. The molecule has 0 saturated carbocycles. The fourth-order valence-electron chi connectivity index (χ4n) is 9.44. The van der Waals surface area contributed by atoms with Crippen LogP contribution < -0.4 is 9.64 Å². The molecule has 0 saturated heterocycles. The van der Waals surface area contributed by atoms with Crippen LogP contribution in [0.2, 0.25) is 0 Å². The highest BCUT2D eigenvalue weighted by atomic mass is 16.5. The highest BCUT2D eigenvalue weighted by Crippen LogP contribution is 2.52. The Morgan fingerprint density at radius 2 is 1.09 bits per heavy atom. The van der Waals surface area contributed by atoms with E-state index in [1.807, 2.05) is 18.2 Å². The van der Waals surface area contributed by atoms with Crippen LogP contribution >= 0.6 is 0 Å². The molecular weight excluding hydrogens is 685 g/mol. The first-order valence-corrected chi connectivity index (χ1v) is 19.1. The van der Waals surface area contributed by atoms with Crippen LogP contribution in [-0.2, 0) is 0 Å². The summed E-state index contributed by atoms with van der Waals surface area (Å²) in [4.78, 5) is 2.28. The van der Waals surface area contributed by atoms with E-state index in [-0.39, 0.29) is 0 Å². The molecule has 3 heterocycles. The van der Waals surface area contributed by atoms with E-state index >= 15 is 0 Å². The molecule has 1 aliphatic heterocycles. The van der Waals surface area contributed by atoms with Crippen LogP contribution in [0.3, 0.4) is 0 Å². The fraction of sp³-hybridized carbons (Fsp3) is 0. The minimum absolute atomic E-state index is 0.831. The van der Waals surface area contributed by atoms with E-state index in [0.29, 0.717) is 0 Å². The smallest absolute Gasteiger partial charge is 0.152 e. The van der Waals surface area contributed by atoms with Gasteiger partial charge in [0.05, 0.1) is 28.1 Å². The molecular formula is C52H30N2O2. The van der Waals surface area contributed by atoms with Crippen molar-refractivity contribution in [2.24, 2.45) is 0 Å². The maximum Gasteiger partial charge on any atom is 0.152 e. The summed E-state index contributed by atoms with van der Waals surface area (Å²) in [6.45, 7) is 0. The number of nitrogens with zero attached hydrogens (tertiary/aromatic N) is 2. The maximum atomic E-state index is 6.69. The third-order valence-electron chi connectivity index (χ3n) is 11.9. The van der Waals surface area contributed by atoms with Crippen molar-refractivity contribution in [3.8, 4) is 28.3 Å². The molecule has 2 aromatic heterocycles. The Balaban J connectivity index is 1.04. The number of para-hydroxylation sites is 5. The average Bonchev–Trinajstić information content (AvgIpc) is 3.80. The lowest BCUT2D eigenvalue weighted by molar-refractivity contribution is 0.477. The summed E-state index contributed by atoms with van der Waals surface area (Å²) in [6, 6.07) is 65.3. The molecule has 0 amide bonds. The van der Waals surface area contributed by atoms with Crippen LogP contribution in [0, 0.1) is 0 Å². The second-order valence-electron chi connectivity index (χ2n) is 14.9. The van der Waals surface area contributed by atoms with E-state index in [1.165, 1.54) is 43.2 Å². The highest BCUT2D eigenvalue weighted by molar-refractivity contribution is 6.32. The van der Waals surface area contributed by atoms with Crippen LogP contribution in [-0.4, -0.2) is 4.57 Å². The van der Waals surface area contributed by atoms with Crippen molar-refractivity contribution in [1.29, 1.82) is 0 Å². The summed E-state index contributed by atoms with van der Waals surface area (Å²) in [5, 5.41) is 12.0. The van der Waals surface area contributed by atoms with Crippen LogP contribution in [0.5, 0.6) is 11.5 Å². The van der Waals surface area contributed by atoms with Gasteiger partial charge < -0.3 is 18.6 Å². The van der Waals surface area contributed by atoms with Crippen molar-refractivity contribution >= 4 is 93.1 Å². The number of rotatable bonds is 3. The topological polar surface area (TPSA) is 30.5 Å². The highest BCUT2D eigenvalue weighted by Gasteiger charge is 2.27. The van der Waals surface area contributed by atoms with Gasteiger partial charge >= 0.3 is 0 Å². The minimum atomic E-state index is 0.831. The van der Waals surface area contributed by atoms with Gasteiger partial charge in [0.1, 0.15) is 11.2 Å². The largest absolute Gasteiger partial charge is 0.455 e. The standard InChI is InChI=1S/C52H30N2O2/c1-2-12-35(13-3-1)53-44-18-7-9-20-48(44)55-49-29-33(24-26-45(49)53)32-23-25-43-39(27-32)36-14-4-6-17-42(36)54(43)46-30-41-51-34(22-21-31-11-10-16-38(46)50(31)51)28-40-37-15-5-8-19-47(37)56-52(40)41/h1-30H. The molecule has 1 aliphatic rings. The number of furan rings is 1. The van der Waals surface area contributed by atoms with Crippen molar-refractivity contribution in [3.63, 3.8) is 0 Å². The van der Waals surface area contributed by atoms with Crippen molar-refractivity contribution in [3.05, 3.63) is 182 Å². The van der Waals surface area contributed by atoms with Gasteiger partial charge in [-0.3, -0.25) is 0 Å². The first-order chi connectivity index (χ1) is 27.8. The lowest BCUT2D eigenvalue weighted by Crippen LogP contribution is -2.15. The number of hydrogen-bond donors (Lipinski definition) is 0. The summed E-state index contributed by atoms with van der Waals surface area (Å²) < 4.78 is 15.7. The van der Waals surface area contributed by atoms with E-state index in [0.717, 1.165) is 78.2 Å². The van der Waals surface area contributed by atoms with E-state index in [9.17, 15) is 0 Å². The first kappa shape index (κ1) is 29.8. The van der Waals surface area contributed by atoms with E-state index in [1.54, 1.807) is 0 Å². The Labute approximate surface area is 320 Å². The van der Waals surface area contributed by atoms with Gasteiger partial charge in [-0.2, -0.15) is 0 Å². The lowest BCUT2D eigenvalue weighted by Gasteiger charge is -2.33. The Morgan fingerprint density at radius 1 is 0.375 bits per heavy atom. The molecule has 0 N–H and O–H groups in total. The van der Waals surface area contributed by atoms with Crippen molar-refractivity contribution < 1.29 is 9.15 Å². The molecule has 12 aromatic rings. The predicted molar refractivity (Wildman–Crippen MR) is 232 cm³/mol. The van der Waals surface area contributed by atoms with Crippen LogP contribution in [0.4, 0.5) is 17.1 Å². The predicted octanol–water partition coefficient (Wildman–Crippen LogP) is 14.8. The molecule has 0 bridgehead atoms. The van der Waals surface area contributed by atoms with Gasteiger partial charge in [-0.15, -0.1) is 0 Å². The second-order valence-corrected chi connectivity index (χ2v) is 14.9. The summed E-state index contributed by atoms with van der Waals surface area (Å²) >= 11 is 0. The van der Waals surface area contributed by atoms with E-state index < -0.39 is 0 Å². The van der Waals surface area contributed by atoms with Gasteiger partial charge in [0, 0.05) is 43.4 Å². The SMILES string of the molecule is c1ccc(N2c3ccccc3Oc3cc(-c4ccc5c(c4)c4ccccc4n5-c4cc5c6oc7ccccc7c6cc6ccc7cccc4c7c65)ccc32)cc1. The third kappa shape index (κ3) is 4.02. The summed E-state index contributed by atoms with van der Waals surface area (Å²) in [6.07, 6.45) is 0. The van der Waals surface area contributed by atoms with Gasteiger partial charge in [-0.05, 0) is 100 Å². The molecule has 56 heavy (non-hydrogen) atoms. The molecule has 10 aromatic carbocycles. The van der Waals surface area contributed by atoms with Gasteiger partial charge in [0.25, 0.3) is 0 Å². The number of benzene rings is 10. The first-order valence-electron chi connectivity index (χ1n) is 19.1. The number of hydrogen-bond acceptors (Lipinski definition) is 3. The molecule has 0 unspecified atom stereocenters. The summed E-state index contributed by atoms with van der Waals surface area (Å²) in [5.41, 5.74) is 10.7. The van der Waals surface area contributed by atoms with Gasteiger partial charge in [0.15, 0.2) is 11.5 Å². The van der Waals surface area contributed by atoms with Gasteiger partial charge in [-0.1, -0.05) is 109 Å². The zero-order chi connectivity index (χ0) is 36.5. The molecule has 4 heteroatoms. The lowest BCUT2D eigenvalue weighted by atomic mass is 9.91. The Kier molecular flexibility index (Phi) is 5.86. The number of fused-ring (bicyclic) bond motifs is 9. The van der Waals surface area contributed by atoms with Gasteiger partial charge in [0.2, 0.25) is 0 Å². The molecule has 0 fully saturated rings. The fourth-order valence-corrected chi connectivity index (χ4v) is 9.44. The van der Waals surface area contributed by atoms with E-state index in [4.69, 9.17) is 9.15 Å². The second kappa shape index (κ2) is 11.0. The molecule has 0 radical (unpaired) electrons. The van der Waals surface area contributed by atoms with Gasteiger partial charge in [-0.25, -0.2) is 0 Å². The molecule has 0 spiro atoms. The zero-order valence-electron chi connectivity index (χ0n) is 30.0. The molecule has 0 aliphatic carbocycles.